The molecule has 1 saturated heterocycles. The number of hydrogen-bond acceptors (Lipinski definition) is 5. The van der Waals surface area contributed by atoms with Crippen LogP contribution in [0.4, 0.5) is 5.82 Å². The van der Waals surface area contributed by atoms with E-state index in [2.05, 4.69) is 25.5 Å². The van der Waals surface area contributed by atoms with E-state index in [0.29, 0.717) is 6.04 Å². The Morgan fingerprint density at radius 2 is 1.70 bits per heavy atom. The highest BCUT2D eigenvalue weighted by molar-refractivity contribution is 5.79. The Morgan fingerprint density at radius 3 is 2.44 bits per heavy atom. The first-order chi connectivity index (χ1) is 13.2. The highest BCUT2D eigenvalue weighted by Crippen LogP contribution is 2.23. The van der Waals surface area contributed by atoms with Gasteiger partial charge in [0.1, 0.15) is 5.82 Å². The van der Waals surface area contributed by atoms with Gasteiger partial charge in [-0.05, 0) is 44.7 Å². The minimum atomic E-state index is 0.132. The molecule has 0 aromatic carbocycles. The third kappa shape index (κ3) is 4.22. The van der Waals surface area contributed by atoms with E-state index in [-0.39, 0.29) is 11.8 Å². The molecule has 2 aromatic heterocycles. The first-order valence-electron chi connectivity index (χ1n) is 10.4. The summed E-state index contributed by atoms with van der Waals surface area (Å²) in [5.74, 6) is 2.12. The molecule has 0 radical (unpaired) electrons. The van der Waals surface area contributed by atoms with Crippen LogP contribution >= 0.6 is 0 Å². The van der Waals surface area contributed by atoms with Gasteiger partial charge in [-0.3, -0.25) is 4.79 Å². The zero-order valence-electron chi connectivity index (χ0n) is 16.2. The number of carbonyl (C=O) groups is 1. The van der Waals surface area contributed by atoms with E-state index < -0.39 is 0 Å². The van der Waals surface area contributed by atoms with Gasteiger partial charge in [-0.15, -0.1) is 15.3 Å². The molecule has 2 aromatic rings. The molecule has 7 nitrogen and oxygen atoms in total. The number of fused-ring (bicyclic) bond motifs is 1. The Labute approximate surface area is 160 Å². The molecule has 0 atom stereocenters. The molecule has 1 aliphatic carbocycles. The Hall–Kier alpha value is -2.18. The molecule has 2 fully saturated rings. The highest BCUT2D eigenvalue weighted by Gasteiger charge is 2.27. The lowest BCUT2D eigenvalue weighted by Crippen LogP contribution is -2.44. The summed E-state index contributed by atoms with van der Waals surface area (Å²) in [6, 6.07) is 4.34. The van der Waals surface area contributed by atoms with Gasteiger partial charge >= 0.3 is 0 Å². The van der Waals surface area contributed by atoms with Crippen LogP contribution in [0.15, 0.2) is 12.1 Å². The topological polar surface area (TPSA) is 75.4 Å². The Bertz CT molecular complexity index is 772. The third-order valence-electron chi connectivity index (χ3n) is 6.05. The van der Waals surface area contributed by atoms with Crippen LogP contribution in [0.1, 0.15) is 63.6 Å². The average molecular weight is 371 g/mol. The van der Waals surface area contributed by atoms with Gasteiger partial charge in [0.2, 0.25) is 5.91 Å². The molecule has 0 spiro atoms. The number of nitrogens with one attached hydrogen (secondary N) is 1. The normalized spacial score (nSPS) is 20.4. The molecule has 2 aliphatic rings. The Kier molecular flexibility index (Phi) is 5.55. The molecule has 3 heterocycles. The Balaban J connectivity index is 1.32. The van der Waals surface area contributed by atoms with E-state index in [0.717, 1.165) is 56.1 Å². The van der Waals surface area contributed by atoms with Crippen molar-refractivity contribution in [2.75, 3.05) is 18.0 Å². The average Bonchev–Trinajstić information content (AvgIpc) is 3.04. The summed E-state index contributed by atoms with van der Waals surface area (Å²) in [5.41, 5.74) is 0.768. The van der Waals surface area contributed by atoms with Crippen molar-refractivity contribution in [3.8, 4) is 0 Å². The van der Waals surface area contributed by atoms with Crippen molar-refractivity contribution in [3.63, 3.8) is 0 Å². The number of aromatic nitrogens is 4. The summed E-state index contributed by atoms with van der Waals surface area (Å²) in [6.45, 7) is 3.63. The molecule has 146 valence electrons. The minimum Gasteiger partial charge on any atom is -0.355 e. The van der Waals surface area contributed by atoms with Crippen molar-refractivity contribution in [2.24, 2.45) is 5.92 Å². The van der Waals surface area contributed by atoms with Crippen LogP contribution in [0.3, 0.4) is 0 Å². The van der Waals surface area contributed by atoms with Crippen LogP contribution in [-0.4, -0.2) is 44.8 Å². The van der Waals surface area contributed by atoms with Gasteiger partial charge in [0.25, 0.3) is 0 Å². The maximum Gasteiger partial charge on any atom is 0.223 e. The maximum absolute atomic E-state index is 12.7. The molecule has 0 unspecified atom stereocenters. The summed E-state index contributed by atoms with van der Waals surface area (Å²) in [4.78, 5) is 15.0. The summed E-state index contributed by atoms with van der Waals surface area (Å²) < 4.78 is 1.78. The fourth-order valence-corrected chi connectivity index (χ4v) is 4.35. The van der Waals surface area contributed by atoms with E-state index in [1.807, 2.05) is 19.1 Å². The van der Waals surface area contributed by atoms with E-state index in [1.54, 1.807) is 4.52 Å². The molecule has 1 N–H and O–H groups in total. The molecule has 7 heteroatoms. The van der Waals surface area contributed by atoms with Crippen molar-refractivity contribution >= 4 is 17.4 Å². The van der Waals surface area contributed by atoms with Gasteiger partial charge in [0.15, 0.2) is 11.5 Å². The van der Waals surface area contributed by atoms with Gasteiger partial charge in [0, 0.05) is 25.0 Å². The number of amides is 1. The van der Waals surface area contributed by atoms with Crippen LogP contribution in [0.5, 0.6) is 0 Å². The van der Waals surface area contributed by atoms with Gasteiger partial charge in [-0.2, -0.15) is 4.52 Å². The van der Waals surface area contributed by atoms with Crippen molar-refractivity contribution in [2.45, 2.75) is 70.8 Å². The lowest BCUT2D eigenvalue weighted by Gasteiger charge is -2.33. The molecule has 1 amide bonds. The second-order valence-corrected chi connectivity index (χ2v) is 8.02. The zero-order chi connectivity index (χ0) is 18.6. The number of aryl methyl sites for hydroxylation is 1. The lowest BCUT2D eigenvalue weighted by atomic mass is 9.93. The summed E-state index contributed by atoms with van der Waals surface area (Å²) in [5, 5.41) is 16.2. The van der Waals surface area contributed by atoms with Crippen LogP contribution in [0, 0.1) is 12.8 Å². The second-order valence-electron chi connectivity index (χ2n) is 8.02. The van der Waals surface area contributed by atoms with Crippen molar-refractivity contribution in [3.05, 3.63) is 18.0 Å². The number of rotatable bonds is 3. The van der Waals surface area contributed by atoms with Gasteiger partial charge in [-0.1, -0.05) is 32.1 Å². The van der Waals surface area contributed by atoms with E-state index in [4.69, 9.17) is 0 Å². The summed E-state index contributed by atoms with van der Waals surface area (Å²) in [6.07, 6.45) is 10.5. The molecule has 1 saturated carbocycles. The third-order valence-corrected chi connectivity index (χ3v) is 6.05. The molecule has 1 aliphatic heterocycles. The van der Waals surface area contributed by atoms with Crippen LogP contribution in [0.25, 0.3) is 5.65 Å². The number of anilines is 1. The fourth-order valence-electron chi connectivity index (χ4n) is 4.35. The smallest absolute Gasteiger partial charge is 0.223 e. The van der Waals surface area contributed by atoms with Gasteiger partial charge < -0.3 is 10.2 Å². The number of nitrogens with zero attached hydrogens (tertiary/aromatic N) is 5. The van der Waals surface area contributed by atoms with Gasteiger partial charge in [-0.25, -0.2) is 0 Å². The zero-order valence-corrected chi connectivity index (χ0v) is 16.2. The SMILES string of the molecule is Cc1nnc2ccc(N3CCC(C(=O)NC4CCCCCCC4)CC3)nn12. The standard InChI is InChI=1S/C20H30N6O/c1-15-22-23-18-9-10-19(24-26(15)18)25-13-11-16(12-14-25)20(27)21-17-7-5-3-2-4-6-8-17/h9-10,16-17H,2-8,11-14H2,1H3,(H,21,27). The predicted molar refractivity (Wildman–Crippen MR) is 105 cm³/mol. The monoisotopic (exact) mass is 370 g/mol. The predicted octanol–water partition coefficient (Wildman–Crippen LogP) is 2.88. The quantitative estimate of drug-likeness (QED) is 0.899. The largest absolute Gasteiger partial charge is 0.355 e. The van der Waals surface area contributed by atoms with Gasteiger partial charge in [0.05, 0.1) is 0 Å². The molecule has 0 bridgehead atoms. The molecule has 4 rings (SSSR count). The minimum absolute atomic E-state index is 0.132. The van der Waals surface area contributed by atoms with E-state index >= 15 is 0 Å². The highest BCUT2D eigenvalue weighted by atomic mass is 16.1. The van der Waals surface area contributed by atoms with Crippen LogP contribution < -0.4 is 10.2 Å². The summed E-state index contributed by atoms with van der Waals surface area (Å²) in [7, 11) is 0. The van der Waals surface area contributed by atoms with Crippen molar-refractivity contribution < 1.29 is 4.79 Å². The van der Waals surface area contributed by atoms with Crippen molar-refractivity contribution in [1.82, 2.24) is 25.1 Å². The van der Waals surface area contributed by atoms with E-state index in [9.17, 15) is 4.79 Å². The number of piperidine rings is 1. The van der Waals surface area contributed by atoms with Crippen LogP contribution in [-0.2, 0) is 4.79 Å². The lowest BCUT2D eigenvalue weighted by molar-refractivity contribution is -0.126. The molecular formula is C20H30N6O. The van der Waals surface area contributed by atoms with E-state index in [1.165, 1.54) is 32.1 Å². The summed E-state index contributed by atoms with van der Waals surface area (Å²) >= 11 is 0. The molecular weight excluding hydrogens is 340 g/mol. The maximum atomic E-state index is 12.7. The first-order valence-corrected chi connectivity index (χ1v) is 10.4. The first kappa shape index (κ1) is 18.2. The van der Waals surface area contributed by atoms with Crippen LogP contribution in [0.2, 0.25) is 0 Å². The van der Waals surface area contributed by atoms with Crippen molar-refractivity contribution in [1.29, 1.82) is 0 Å². The number of carbonyl (C=O) groups excluding carboxylic acids is 1. The molecule has 27 heavy (non-hydrogen) atoms. The Morgan fingerprint density at radius 1 is 1.00 bits per heavy atom. The fraction of sp³-hybridized carbons (Fsp3) is 0.700. The second kappa shape index (κ2) is 8.23. The number of hydrogen-bond donors (Lipinski definition) is 1.